The highest BCUT2D eigenvalue weighted by molar-refractivity contribution is 7.86. The Balaban J connectivity index is 2.62. The van der Waals surface area contributed by atoms with Crippen LogP contribution >= 0.6 is 0 Å². The molecule has 0 saturated heterocycles. The molecular weight excluding hydrogens is 352 g/mol. The van der Waals surface area contributed by atoms with E-state index in [0.717, 1.165) is 20.3 Å². The Kier molecular flexibility index (Phi) is 5.40. The summed E-state index contributed by atoms with van der Waals surface area (Å²) in [6.45, 7) is 0. The first-order valence-corrected chi connectivity index (χ1v) is 8.27. The first kappa shape index (κ1) is 18.4. The summed E-state index contributed by atoms with van der Waals surface area (Å²) in [5.41, 5.74) is -0.349. The van der Waals surface area contributed by atoms with E-state index in [2.05, 4.69) is 9.47 Å². The van der Waals surface area contributed by atoms with Crippen molar-refractivity contribution < 1.29 is 36.8 Å². The van der Waals surface area contributed by atoms with Gasteiger partial charge < -0.3 is 14.2 Å². The zero-order chi connectivity index (χ0) is 18.6. The van der Waals surface area contributed by atoms with Gasteiger partial charge in [-0.15, -0.1) is 0 Å². The van der Waals surface area contributed by atoms with Crippen molar-refractivity contribution in [3.05, 3.63) is 53.6 Å². The minimum atomic E-state index is -4.56. The average Bonchev–Trinajstić information content (AvgIpc) is 2.59. The van der Waals surface area contributed by atoms with E-state index in [1.165, 1.54) is 36.4 Å². The topological polar surface area (TPSA) is 116 Å². The lowest BCUT2D eigenvalue weighted by molar-refractivity contribution is 0.0552. The molecule has 0 spiro atoms. The second-order valence-corrected chi connectivity index (χ2v) is 6.08. The predicted molar refractivity (Wildman–Crippen MR) is 85.5 cm³/mol. The van der Waals surface area contributed by atoms with Crippen molar-refractivity contribution in [2.45, 2.75) is 4.90 Å². The largest absolute Gasteiger partial charge is 0.465 e. The molecule has 2 aromatic rings. The smallest absolute Gasteiger partial charge is 0.342 e. The van der Waals surface area contributed by atoms with Gasteiger partial charge in [-0.2, -0.15) is 8.42 Å². The first-order valence-electron chi connectivity index (χ1n) is 6.83. The minimum Gasteiger partial charge on any atom is -0.465 e. The van der Waals surface area contributed by atoms with Crippen molar-refractivity contribution in [2.75, 3.05) is 14.2 Å². The number of rotatable bonds is 5. The van der Waals surface area contributed by atoms with Crippen LogP contribution in [-0.4, -0.2) is 39.1 Å². The maximum atomic E-state index is 12.1. The average molecular weight is 366 g/mol. The molecule has 2 rings (SSSR count). The van der Waals surface area contributed by atoms with Crippen molar-refractivity contribution in [2.24, 2.45) is 0 Å². The van der Waals surface area contributed by atoms with E-state index in [-0.39, 0.29) is 22.6 Å². The van der Waals surface area contributed by atoms with Gasteiger partial charge in [0.05, 0.1) is 19.8 Å². The van der Waals surface area contributed by atoms with E-state index in [1.807, 2.05) is 0 Å². The van der Waals surface area contributed by atoms with Crippen LogP contribution in [0.15, 0.2) is 47.4 Å². The van der Waals surface area contributed by atoms with E-state index < -0.39 is 27.0 Å². The van der Waals surface area contributed by atoms with Crippen molar-refractivity contribution in [1.29, 1.82) is 0 Å². The van der Waals surface area contributed by atoms with Gasteiger partial charge in [0.2, 0.25) is 0 Å². The number of ether oxygens (including phenoxy) is 3. The summed E-state index contributed by atoms with van der Waals surface area (Å²) in [4.78, 5) is 23.4. The molecule has 2 aromatic carbocycles. The molecule has 0 aromatic heterocycles. The van der Waals surface area contributed by atoms with Gasteiger partial charge in [-0.25, -0.2) is 9.59 Å². The zero-order valence-electron chi connectivity index (χ0n) is 13.3. The highest BCUT2D eigenvalue weighted by Gasteiger charge is 2.25. The third-order valence-electron chi connectivity index (χ3n) is 3.17. The summed E-state index contributed by atoms with van der Waals surface area (Å²) in [5, 5.41) is 0. The van der Waals surface area contributed by atoms with Crippen LogP contribution in [0.25, 0.3) is 0 Å². The van der Waals surface area contributed by atoms with Crippen LogP contribution in [0.1, 0.15) is 20.7 Å². The van der Waals surface area contributed by atoms with Crippen LogP contribution in [0, 0.1) is 0 Å². The van der Waals surface area contributed by atoms with Gasteiger partial charge >= 0.3 is 11.9 Å². The molecule has 0 atom stereocenters. The maximum Gasteiger partial charge on any atom is 0.342 e. The second-order valence-electron chi connectivity index (χ2n) is 4.69. The number of hydrogen-bond acceptors (Lipinski definition) is 7. The molecule has 0 saturated carbocycles. The number of methoxy groups -OCH3 is 2. The van der Waals surface area contributed by atoms with Gasteiger partial charge in [-0.05, 0) is 24.3 Å². The lowest BCUT2D eigenvalue weighted by Gasteiger charge is -2.14. The molecule has 8 nitrogen and oxygen atoms in total. The van der Waals surface area contributed by atoms with Crippen molar-refractivity contribution in [1.82, 2.24) is 0 Å². The van der Waals surface area contributed by atoms with Gasteiger partial charge in [0, 0.05) is 0 Å². The molecule has 132 valence electrons. The Morgan fingerprint density at radius 3 is 2.08 bits per heavy atom. The van der Waals surface area contributed by atoms with E-state index in [4.69, 9.17) is 4.74 Å². The summed E-state index contributed by atoms with van der Waals surface area (Å²) in [6, 6.07) is 9.39. The van der Waals surface area contributed by atoms with Gasteiger partial charge in [-0.3, -0.25) is 4.55 Å². The van der Waals surface area contributed by atoms with Crippen molar-refractivity contribution in [3.63, 3.8) is 0 Å². The fourth-order valence-electron chi connectivity index (χ4n) is 2.07. The van der Waals surface area contributed by atoms with Gasteiger partial charge in [0.15, 0.2) is 0 Å². The highest BCUT2D eigenvalue weighted by Crippen LogP contribution is 2.32. The van der Waals surface area contributed by atoms with E-state index in [0.29, 0.717) is 0 Å². The molecule has 0 aliphatic heterocycles. The number of para-hydroxylation sites is 1. The molecular formula is C16H14O8S. The molecule has 0 unspecified atom stereocenters. The summed E-state index contributed by atoms with van der Waals surface area (Å²) < 4.78 is 46.9. The molecule has 0 radical (unpaired) electrons. The molecule has 9 heteroatoms. The zero-order valence-corrected chi connectivity index (χ0v) is 14.1. The summed E-state index contributed by atoms with van der Waals surface area (Å²) in [5.74, 6) is -2.03. The van der Waals surface area contributed by atoms with E-state index in [9.17, 15) is 22.6 Å². The lowest BCUT2D eigenvalue weighted by atomic mass is 10.1. The number of carbonyl (C=O) groups excluding carboxylic acids is 2. The molecule has 0 amide bonds. The Labute approximate surface area is 143 Å². The van der Waals surface area contributed by atoms with Gasteiger partial charge in [0.1, 0.15) is 22.0 Å². The third-order valence-corrected chi connectivity index (χ3v) is 4.06. The molecule has 0 heterocycles. The second kappa shape index (κ2) is 7.32. The number of esters is 2. The van der Waals surface area contributed by atoms with Crippen LogP contribution in [0.2, 0.25) is 0 Å². The summed E-state index contributed by atoms with van der Waals surface area (Å²) in [7, 11) is -2.30. The number of hydrogen-bond donors (Lipinski definition) is 1. The van der Waals surface area contributed by atoms with E-state index >= 15 is 0 Å². The molecule has 0 aliphatic carbocycles. The van der Waals surface area contributed by atoms with Crippen LogP contribution < -0.4 is 4.74 Å². The van der Waals surface area contributed by atoms with Crippen LogP contribution in [0.4, 0.5) is 0 Å². The van der Waals surface area contributed by atoms with E-state index in [1.54, 1.807) is 0 Å². The Morgan fingerprint density at radius 1 is 0.880 bits per heavy atom. The Hall–Kier alpha value is -2.91. The fourth-order valence-corrected chi connectivity index (χ4v) is 2.69. The van der Waals surface area contributed by atoms with Gasteiger partial charge in [0.25, 0.3) is 10.1 Å². The minimum absolute atomic E-state index is 0.115. The number of carbonyl (C=O) groups is 2. The van der Waals surface area contributed by atoms with Gasteiger partial charge in [-0.1, -0.05) is 18.2 Å². The Bertz CT molecular complexity index is 917. The SMILES string of the molecule is COC(=O)c1cccc(Oc2ccccc2S(=O)(=O)O)c1C(=O)OC. The lowest BCUT2D eigenvalue weighted by Crippen LogP contribution is -2.13. The Morgan fingerprint density at radius 2 is 1.48 bits per heavy atom. The summed E-state index contributed by atoms with van der Waals surface area (Å²) in [6.07, 6.45) is 0. The van der Waals surface area contributed by atoms with Crippen molar-refractivity contribution >= 4 is 22.1 Å². The fraction of sp³-hybridized carbons (Fsp3) is 0.125. The monoisotopic (exact) mass is 366 g/mol. The molecule has 0 bridgehead atoms. The summed E-state index contributed by atoms with van der Waals surface area (Å²) >= 11 is 0. The molecule has 0 aliphatic rings. The predicted octanol–water partition coefficient (Wildman–Crippen LogP) is 2.30. The van der Waals surface area contributed by atoms with Crippen molar-refractivity contribution in [3.8, 4) is 11.5 Å². The van der Waals surface area contributed by atoms with Crippen LogP contribution in [0.5, 0.6) is 11.5 Å². The molecule has 1 N–H and O–H groups in total. The maximum absolute atomic E-state index is 12.1. The third kappa shape index (κ3) is 3.95. The molecule has 0 fully saturated rings. The quantitative estimate of drug-likeness (QED) is 0.633. The highest BCUT2D eigenvalue weighted by atomic mass is 32.2. The van der Waals surface area contributed by atoms with Crippen LogP contribution in [0.3, 0.4) is 0 Å². The normalized spacial score (nSPS) is 10.8. The number of benzene rings is 2. The molecule has 25 heavy (non-hydrogen) atoms. The van der Waals surface area contributed by atoms with Crippen LogP contribution in [-0.2, 0) is 19.6 Å². The first-order chi connectivity index (χ1) is 11.8. The standard InChI is InChI=1S/C16H14O8S/c1-22-15(17)10-6-5-8-12(14(10)16(18)23-2)24-11-7-3-4-9-13(11)25(19,20)21/h3-9H,1-2H3,(H,19,20,21).